The molecule has 32 heavy (non-hydrogen) atoms. The fourth-order valence-electron chi connectivity index (χ4n) is 3.71. The van der Waals surface area contributed by atoms with Crippen LogP contribution in [0.25, 0.3) is 11.0 Å². The molecule has 1 aliphatic heterocycles. The third-order valence-electron chi connectivity index (χ3n) is 5.15. The summed E-state index contributed by atoms with van der Waals surface area (Å²) in [6.07, 6.45) is 1.33. The number of furan rings is 2. The van der Waals surface area contributed by atoms with E-state index in [0.717, 1.165) is 21.5 Å². The Labute approximate surface area is 187 Å². The normalized spacial score (nSPS) is 16.4. The van der Waals surface area contributed by atoms with Gasteiger partial charge in [0.2, 0.25) is 5.78 Å². The van der Waals surface area contributed by atoms with Gasteiger partial charge in [-0.2, -0.15) is 0 Å². The summed E-state index contributed by atoms with van der Waals surface area (Å²) in [6.45, 7) is 0. The van der Waals surface area contributed by atoms with Crippen LogP contribution in [0.2, 0.25) is 0 Å². The number of aliphatic hydroxyl groups excluding tert-OH is 1. The highest BCUT2D eigenvalue weighted by molar-refractivity contribution is 9.10. The van der Waals surface area contributed by atoms with Gasteiger partial charge in [-0.15, -0.1) is 0 Å². The summed E-state index contributed by atoms with van der Waals surface area (Å²) < 4.78 is 39.2. The molecule has 3 heterocycles. The highest BCUT2D eigenvalue weighted by Gasteiger charge is 2.47. The number of rotatable bonds is 4. The molecule has 4 aromatic rings. The number of carbonyl (C=O) groups excluding carboxylic acids is 2. The summed E-state index contributed by atoms with van der Waals surface area (Å²) >= 11 is 3.35. The maximum absolute atomic E-state index is 13.9. The summed E-state index contributed by atoms with van der Waals surface area (Å²) in [7, 11) is 0. The van der Waals surface area contributed by atoms with Crippen molar-refractivity contribution in [2.45, 2.75) is 6.04 Å². The van der Waals surface area contributed by atoms with Crippen molar-refractivity contribution in [3.8, 4) is 0 Å². The number of fused-ring (bicyclic) bond motifs is 1. The van der Waals surface area contributed by atoms with Crippen molar-refractivity contribution < 1.29 is 32.3 Å². The minimum Gasteiger partial charge on any atom is -0.503 e. The monoisotopic (exact) mass is 499 g/mol. The smallest absolute Gasteiger partial charge is 0.294 e. The van der Waals surface area contributed by atoms with E-state index in [-0.39, 0.29) is 22.8 Å². The van der Waals surface area contributed by atoms with Crippen LogP contribution in [0.15, 0.2) is 85.5 Å². The van der Waals surface area contributed by atoms with Crippen molar-refractivity contribution in [1.29, 1.82) is 0 Å². The molecule has 6 nitrogen and oxygen atoms in total. The van der Waals surface area contributed by atoms with E-state index < -0.39 is 35.1 Å². The first-order valence-corrected chi connectivity index (χ1v) is 10.1. The first kappa shape index (κ1) is 20.2. The summed E-state index contributed by atoms with van der Waals surface area (Å²) in [5, 5.41) is 11.3. The molecule has 1 unspecified atom stereocenters. The lowest BCUT2D eigenvalue weighted by atomic mass is 9.99. The Morgan fingerprint density at radius 2 is 1.88 bits per heavy atom. The molecule has 0 aliphatic carbocycles. The Kier molecular flexibility index (Phi) is 4.70. The number of anilines is 1. The van der Waals surface area contributed by atoms with Crippen molar-refractivity contribution in [1.82, 2.24) is 0 Å². The van der Waals surface area contributed by atoms with Crippen LogP contribution in [0.1, 0.15) is 22.4 Å². The average molecular weight is 500 g/mol. The van der Waals surface area contributed by atoms with Crippen LogP contribution in [0.3, 0.4) is 0 Å². The Hall–Kier alpha value is -3.72. The van der Waals surface area contributed by atoms with Gasteiger partial charge in [0.05, 0.1) is 11.8 Å². The van der Waals surface area contributed by atoms with Gasteiger partial charge in [0, 0.05) is 21.6 Å². The predicted molar refractivity (Wildman–Crippen MR) is 113 cm³/mol. The molecule has 160 valence electrons. The van der Waals surface area contributed by atoms with Crippen LogP contribution in [0, 0.1) is 11.6 Å². The summed E-state index contributed by atoms with van der Waals surface area (Å²) in [5.74, 6) is -4.77. The van der Waals surface area contributed by atoms with Gasteiger partial charge < -0.3 is 13.9 Å². The molecule has 1 N–H and O–H groups in total. The molecule has 2 aromatic heterocycles. The third kappa shape index (κ3) is 3.13. The number of hydrogen-bond acceptors (Lipinski definition) is 5. The summed E-state index contributed by atoms with van der Waals surface area (Å²) in [4.78, 5) is 27.3. The molecular weight excluding hydrogens is 488 g/mol. The number of aliphatic hydroxyl groups is 1. The molecule has 0 saturated carbocycles. The minimum atomic E-state index is -1.21. The fraction of sp³-hybridized carbons (Fsp3) is 0.0435. The molecule has 1 aliphatic rings. The summed E-state index contributed by atoms with van der Waals surface area (Å²) in [6, 6.07) is 11.3. The van der Waals surface area contributed by atoms with Gasteiger partial charge in [0.15, 0.2) is 23.2 Å². The number of halogens is 3. The number of Topliss-reactive ketones (excluding diaryl/α,β-unsaturated/α-hetero) is 1. The van der Waals surface area contributed by atoms with Gasteiger partial charge in [0.1, 0.15) is 17.4 Å². The molecule has 9 heteroatoms. The van der Waals surface area contributed by atoms with E-state index in [4.69, 9.17) is 8.83 Å². The van der Waals surface area contributed by atoms with Crippen molar-refractivity contribution in [2.24, 2.45) is 0 Å². The Morgan fingerprint density at radius 3 is 2.59 bits per heavy atom. The van der Waals surface area contributed by atoms with E-state index in [9.17, 15) is 23.5 Å². The standard InChI is InChI=1S/C23H12BrF2NO5/c24-12-3-6-16-11(8-12)9-18(32-16)21(28)19-20(17-2-1-7-31-17)27(23(30)22(19)29)13-4-5-14(25)15(26)10-13/h1-10,20,29H. The lowest BCUT2D eigenvalue weighted by Crippen LogP contribution is -2.31. The first-order chi connectivity index (χ1) is 15.3. The first-order valence-electron chi connectivity index (χ1n) is 9.34. The van der Waals surface area contributed by atoms with Crippen LogP contribution in [-0.4, -0.2) is 16.8 Å². The zero-order chi connectivity index (χ0) is 22.6. The minimum absolute atomic E-state index is 0.0572. The molecule has 0 fully saturated rings. The Bertz CT molecular complexity index is 1420. The second-order valence-corrected chi connectivity index (χ2v) is 7.99. The van der Waals surface area contributed by atoms with E-state index in [2.05, 4.69) is 15.9 Å². The van der Waals surface area contributed by atoms with Crippen LogP contribution in [0.5, 0.6) is 0 Å². The van der Waals surface area contributed by atoms with Crippen molar-refractivity contribution >= 4 is 44.3 Å². The highest BCUT2D eigenvalue weighted by atomic mass is 79.9. The Morgan fingerprint density at radius 1 is 1.06 bits per heavy atom. The number of amides is 1. The molecule has 1 atom stereocenters. The lowest BCUT2D eigenvalue weighted by molar-refractivity contribution is -0.117. The van der Waals surface area contributed by atoms with Crippen LogP contribution >= 0.6 is 15.9 Å². The molecule has 5 rings (SSSR count). The second kappa shape index (κ2) is 7.45. The summed E-state index contributed by atoms with van der Waals surface area (Å²) in [5.41, 5.74) is 0.0824. The van der Waals surface area contributed by atoms with Gasteiger partial charge in [-0.25, -0.2) is 8.78 Å². The van der Waals surface area contributed by atoms with Crippen molar-refractivity contribution in [3.05, 3.63) is 99.8 Å². The van der Waals surface area contributed by atoms with Gasteiger partial charge in [0.25, 0.3) is 5.91 Å². The van der Waals surface area contributed by atoms with Gasteiger partial charge in [-0.3, -0.25) is 14.5 Å². The SMILES string of the molecule is O=C(C1=C(O)C(=O)N(c2ccc(F)c(F)c2)C1c1ccco1)c1cc2cc(Br)ccc2o1. The number of hydrogen-bond donors (Lipinski definition) is 1. The van der Waals surface area contributed by atoms with E-state index in [0.29, 0.717) is 11.0 Å². The van der Waals surface area contributed by atoms with Gasteiger partial charge >= 0.3 is 0 Å². The molecule has 0 saturated heterocycles. The molecular formula is C23H12BrF2NO5. The number of carbonyl (C=O) groups is 2. The molecule has 0 radical (unpaired) electrons. The highest BCUT2D eigenvalue weighted by Crippen LogP contribution is 2.42. The van der Waals surface area contributed by atoms with Crippen molar-refractivity contribution in [3.63, 3.8) is 0 Å². The van der Waals surface area contributed by atoms with E-state index in [1.165, 1.54) is 24.5 Å². The largest absolute Gasteiger partial charge is 0.503 e. The number of benzene rings is 2. The van der Waals surface area contributed by atoms with E-state index in [1.54, 1.807) is 24.3 Å². The van der Waals surface area contributed by atoms with Crippen LogP contribution in [-0.2, 0) is 4.79 Å². The molecule has 0 spiro atoms. The molecule has 0 bridgehead atoms. The van der Waals surface area contributed by atoms with Gasteiger partial charge in [-0.05, 0) is 48.5 Å². The number of ketones is 1. The maximum Gasteiger partial charge on any atom is 0.294 e. The quantitative estimate of drug-likeness (QED) is 0.356. The molecule has 1 amide bonds. The maximum atomic E-state index is 13.9. The predicted octanol–water partition coefficient (Wildman–Crippen LogP) is 5.85. The number of nitrogens with zero attached hydrogens (tertiary/aromatic N) is 1. The topological polar surface area (TPSA) is 83.9 Å². The average Bonchev–Trinajstić information content (AvgIpc) is 3.49. The van der Waals surface area contributed by atoms with Crippen LogP contribution in [0.4, 0.5) is 14.5 Å². The van der Waals surface area contributed by atoms with Crippen molar-refractivity contribution in [2.75, 3.05) is 4.90 Å². The zero-order valence-corrected chi connectivity index (χ0v) is 17.6. The third-order valence-corrected chi connectivity index (χ3v) is 5.64. The van der Waals surface area contributed by atoms with E-state index in [1.807, 2.05) is 0 Å². The molecule has 2 aromatic carbocycles. The Balaban J connectivity index is 1.64. The fourth-order valence-corrected chi connectivity index (χ4v) is 4.09. The lowest BCUT2D eigenvalue weighted by Gasteiger charge is -2.24. The second-order valence-electron chi connectivity index (χ2n) is 7.08. The van der Waals surface area contributed by atoms with E-state index >= 15 is 0 Å². The van der Waals surface area contributed by atoms with Gasteiger partial charge in [-0.1, -0.05) is 15.9 Å². The zero-order valence-electron chi connectivity index (χ0n) is 16.0. The van der Waals surface area contributed by atoms with Crippen LogP contribution < -0.4 is 4.90 Å².